The Labute approximate surface area is 191 Å². The van der Waals surface area contributed by atoms with Crippen molar-refractivity contribution < 1.29 is 43.5 Å². The average molecular weight is 468 g/mol. The molecule has 1 saturated carbocycles. The molecule has 10 heteroatoms. The number of fused-ring (bicyclic) bond motifs is 1. The van der Waals surface area contributed by atoms with Gasteiger partial charge in [0.1, 0.15) is 34.8 Å². The second-order valence-corrected chi connectivity index (χ2v) is 9.53. The van der Waals surface area contributed by atoms with Crippen molar-refractivity contribution in [1.82, 2.24) is 0 Å². The zero-order valence-electron chi connectivity index (χ0n) is 18.0. The molecule has 1 spiro atoms. The fourth-order valence-electron chi connectivity index (χ4n) is 6.78. The quantitative estimate of drug-likeness (QED) is 0.275. The first kappa shape index (κ1) is 20.1. The maximum absolute atomic E-state index is 13.2. The van der Waals surface area contributed by atoms with Gasteiger partial charge in [-0.25, -0.2) is 4.79 Å². The Morgan fingerprint density at radius 1 is 1.06 bits per heavy atom. The largest absolute Gasteiger partial charge is 0.507 e. The minimum absolute atomic E-state index is 0.0628. The zero-order valence-corrected chi connectivity index (χ0v) is 18.0. The normalized spacial score (nSPS) is 35.5. The van der Waals surface area contributed by atoms with Crippen molar-refractivity contribution in [2.24, 2.45) is 10.8 Å². The molecule has 0 radical (unpaired) electrons. The molecular formula is C24H20O10. The van der Waals surface area contributed by atoms with Gasteiger partial charge in [-0.1, -0.05) is 0 Å². The van der Waals surface area contributed by atoms with E-state index in [0.29, 0.717) is 18.2 Å². The number of benzene rings is 2. The standard InChI is InChI=1S/C24H20O10/c1-30-21-23-9-31-20(29)22(23,7-6-14(23)27)8-24(34-21)18-11(26)3-4-12-17(18)16-13(33-24)5-2-10(25)15(16)19(28)32-12/h2-5,14,21,25-27H,6-9H2,1H3. The van der Waals surface area contributed by atoms with Gasteiger partial charge in [0.05, 0.1) is 22.5 Å². The molecule has 4 aliphatic rings. The smallest absolute Gasteiger partial charge is 0.348 e. The molecule has 5 atom stereocenters. The van der Waals surface area contributed by atoms with Gasteiger partial charge in [-0.2, -0.15) is 0 Å². The molecule has 2 aromatic carbocycles. The Balaban J connectivity index is 1.58. The SMILES string of the molecule is COC1OC2(CC34CCC(O)C13COC4=O)Oc1ccc(O)c3c(=O)oc4ccc(O)c2c4c13. The van der Waals surface area contributed by atoms with Gasteiger partial charge >= 0.3 is 11.6 Å². The van der Waals surface area contributed by atoms with Crippen LogP contribution in [0.4, 0.5) is 0 Å². The lowest BCUT2D eigenvalue weighted by molar-refractivity contribution is -0.371. The first-order chi connectivity index (χ1) is 16.3. The fraction of sp³-hybridized carbons (Fsp3) is 0.417. The van der Waals surface area contributed by atoms with Gasteiger partial charge in [-0.15, -0.1) is 0 Å². The van der Waals surface area contributed by atoms with Gasteiger partial charge in [0, 0.05) is 24.3 Å². The van der Waals surface area contributed by atoms with E-state index in [1.807, 2.05) is 0 Å². The summed E-state index contributed by atoms with van der Waals surface area (Å²) < 4.78 is 29.5. The van der Waals surface area contributed by atoms with E-state index in [-0.39, 0.29) is 52.2 Å². The van der Waals surface area contributed by atoms with Crippen LogP contribution in [0.25, 0.3) is 21.7 Å². The number of hydrogen-bond donors (Lipinski definition) is 3. The lowest BCUT2D eigenvalue weighted by Gasteiger charge is -2.54. The number of carbonyl (C=O) groups is 1. The van der Waals surface area contributed by atoms with Gasteiger partial charge in [0.25, 0.3) is 0 Å². The van der Waals surface area contributed by atoms with E-state index in [4.69, 9.17) is 23.4 Å². The molecule has 3 aliphatic heterocycles. The molecule has 5 unspecified atom stereocenters. The lowest BCUT2D eigenvalue weighted by Crippen LogP contribution is -2.64. The first-order valence-electron chi connectivity index (χ1n) is 11.0. The predicted octanol–water partition coefficient (Wildman–Crippen LogP) is 1.98. The number of ether oxygens (including phenoxy) is 4. The van der Waals surface area contributed by atoms with Gasteiger partial charge in [-0.05, 0) is 37.1 Å². The summed E-state index contributed by atoms with van der Waals surface area (Å²) in [4.78, 5) is 25.9. The van der Waals surface area contributed by atoms with Crippen LogP contribution in [0.5, 0.6) is 17.2 Å². The molecule has 2 saturated heterocycles. The summed E-state index contributed by atoms with van der Waals surface area (Å²) in [5.74, 6) is -2.49. The van der Waals surface area contributed by atoms with Crippen LogP contribution in [0.15, 0.2) is 33.5 Å². The van der Waals surface area contributed by atoms with Crippen molar-refractivity contribution in [2.45, 2.75) is 37.4 Å². The molecule has 7 rings (SSSR count). The third-order valence-electron chi connectivity index (χ3n) is 8.23. The topological polar surface area (TPSA) is 145 Å². The Bertz CT molecular complexity index is 1490. The van der Waals surface area contributed by atoms with E-state index in [1.54, 1.807) is 0 Å². The van der Waals surface area contributed by atoms with E-state index in [2.05, 4.69) is 0 Å². The predicted molar refractivity (Wildman–Crippen MR) is 113 cm³/mol. The minimum atomic E-state index is -1.72. The molecule has 10 nitrogen and oxygen atoms in total. The molecule has 3 fully saturated rings. The van der Waals surface area contributed by atoms with Gasteiger partial charge in [0.15, 0.2) is 6.29 Å². The third kappa shape index (κ3) is 1.96. The van der Waals surface area contributed by atoms with Crippen LogP contribution in [0.3, 0.4) is 0 Å². The number of phenolic OH excluding ortho intramolecular Hbond substituents is 2. The van der Waals surface area contributed by atoms with Crippen LogP contribution < -0.4 is 10.4 Å². The summed E-state index contributed by atoms with van der Waals surface area (Å²) in [6.07, 6.45) is -1.41. The Morgan fingerprint density at radius 3 is 2.65 bits per heavy atom. The molecule has 0 amide bonds. The van der Waals surface area contributed by atoms with E-state index in [0.717, 1.165) is 0 Å². The Morgan fingerprint density at radius 2 is 1.85 bits per heavy atom. The molecule has 3 aromatic rings. The van der Waals surface area contributed by atoms with Crippen molar-refractivity contribution in [3.63, 3.8) is 0 Å². The first-order valence-corrected chi connectivity index (χ1v) is 11.0. The van der Waals surface area contributed by atoms with Crippen LogP contribution in [0, 0.1) is 10.8 Å². The summed E-state index contributed by atoms with van der Waals surface area (Å²) in [5.41, 5.74) is -2.77. The molecular weight excluding hydrogens is 448 g/mol. The highest BCUT2D eigenvalue weighted by Crippen LogP contribution is 2.69. The fourth-order valence-corrected chi connectivity index (χ4v) is 6.78. The molecule has 4 heterocycles. The molecule has 1 aliphatic carbocycles. The maximum atomic E-state index is 13.2. The number of carbonyl (C=O) groups excluding carboxylic acids is 1. The van der Waals surface area contributed by atoms with Crippen molar-refractivity contribution in [3.8, 4) is 17.2 Å². The van der Waals surface area contributed by atoms with E-state index >= 15 is 0 Å². The average Bonchev–Trinajstić information content (AvgIpc) is 3.27. The zero-order chi connectivity index (χ0) is 23.6. The number of rotatable bonds is 1. The number of cyclic esters (lactones) is 1. The number of esters is 1. The van der Waals surface area contributed by atoms with Crippen LogP contribution in [0.1, 0.15) is 24.8 Å². The Kier molecular flexibility index (Phi) is 3.55. The van der Waals surface area contributed by atoms with Gasteiger partial charge in [-0.3, -0.25) is 4.79 Å². The third-order valence-corrected chi connectivity index (χ3v) is 8.23. The number of hydrogen-bond acceptors (Lipinski definition) is 10. The number of aromatic hydroxyl groups is 2. The summed E-state index contributed by atoms with van der Waals surface area (Å²) in [6.45, 7) is -0.0628. The highest BCUT2D eigenvalue weighted by atomic mass is 16.8. The van der Waals surface area contributed by atoms with Crippen molar-refractivity contribution in [1.29, 1.82) is 0 Å². The van der Waals surface area contributed by atoms with Gasteiger partial charge in [0.2, 0.25) is 5.79 Å². The van der Waals surface area contributed by atoms with Crippen LogP contribution in [-0.4, -0.2) is 47.4 Å². The molecule has 0 bridgehead atoms. The van der Waals surface area contributed by atoms with E-state index in [1.165, 1.54) is 31.4 Å². The minimum Gasteiger partial charge on any atom is -0.507 e. The highest BCUT2D eigenvalue weighted by molar-refractivity contribution is 6.13. The van der Waals surface area contributed by atoms with Crippen molar-refractivity contribution in [3.05, 3.63) is 40.2 Å². The van der Waals surface area contributed by atoms with E-state index < -0.39 is 40.6 Å². The van der Waals surface area contributed by atoms with E-state index in [9.17, 15) is 24.9 Å². The van der Waals surface area contributed by atoms with Crippen molar-refractivity contribution in [2.75, 3.05) is 13.7 Å². The molecule has 3 N–H and O–H groups in total. The van der Waals surface area contributed by atoms with Crippen LogP contribution in [-0.2, 0) is 24.8 Å². The molecule has 1 aromatic heterocycles. The second kappa shape index (κ2) is 6.01. The highest BCUT2D eigenvalue weighted by Gasteiger charge is 2.79. The summed E-state index contributed by atoms with van der Waals surface area (Å²) in [7, 11) is 1.41. The van der Waals surface area contributed by atoms with Crippen LogP contribution >= 0.6 is 0 Å². The number of aliphatic hydroxyl groups excluding tert-OH is 1. The number of methoxy groups -OCH3 is 1. The number of phenols is 2. The van der Waals surface area contributed by atoms with Gasteiger partial charge < -0.3 is 38.7 Å². The lowest BCUT2D eigenvalue weighted by atomic mass is 9.60. The maximum Gasteiger partial charge on any atom is 0.348 e. The Hall–Kier alpha value is -3.34. The van der Waals surface area contributed by atoms with Crippen molar-refractivity contribution >= 4 is 27.7 Å². The monoisotopic (exact) mass is 468 g/mol. The number of aliphatic hydroxyl groups is 1. The molecule has 176 valence electrons. The molecule has 34 heavy (non-hydrogen) atoms. The summed E-state index contributed by atoms with van der Waals surface area (Å²) in [6, 6.07) is 5.60. The van der Waals surface area contributed by atoms with Crippen LogP contribution in [0.2, 0.25) is 0 Å². The summed E-state index contributed by atoms with van der Waals surface area (Å²) >= 11 is 0. The summed E-state index contributed by atoms with van der Waals surface area (Å²) in [5, 5.41) is 32.9. The second-order valence-electron chi connectivity index (χ2n) is 9.53.